The molecule has 1 unspecified atom stereocenters. The lowest BCUT2D eigenvalue weighted by atomic mass is 10.1. The molecule has 0 bridgehead atoms. The summed E-state index contributed by atoms with van der Waals surface area (Å²) in [6.45, 7) is 8.56. The molecule has 9 nitrogen and oxygen atoms in total. The first-order chi connectivity index (χ1) is 9.51. The van der Waals surface area contributed by atoms with E-state index in [0.717, 1.165) is 0 Å². The Bertz CT molecular complexity index is 567. The fourth-order valence-corrected chi connectivity index (χ4v) is 1.66. The largest absolute Gasteiger partial charge is 0.368 e. The molecule has 0 aliphatic rings. The Kier molecular flexibility index (Phi) is 4.66. The predicted octanol–water partition coefficient (Wildman–Crippen LogP) is 0.991. The molecule has 116 valence electrons. The maximum atomic E-state index is 12.0. The fourth-order valence-electron chi connectivity index (χ4n) is 1.66. The van der Waals surface area contributed by atoms with Gasteiger partial charge in [0.25, 0.3) is 0 Å². The second-order valence-electron chi connectivity index (χ2n) is 5.73. The zero-order chi connectivity index (χ0) is 16.4. The van der Waals surface area contributed by atoms with E-state index in [4.69, 9.17) is 5.73 Å². The Hall–Kier alpha value is -2.45. The number of nitrogens with zero attached hydrogens (tertiary/aromatic N) is 3. The lowest BCUT2D eigenvalue weighted by Crippen LogP contribution is -2.47. The van der Waals surface area contributed by atoms with Crippen molar-refractivity contribution in [1.29, 1.82) is 0 Å². The van der Waals surface area contributed by atoms with Crippen LogP contribution in [0.2, 0.25) is 0 Å². The van der Waals surface area contributed by atoms with Crippen LogP contribution < -0.4 is 16.4 Å². The van der Waals surface area contributed by atoms with Gasteiger partial charge in [-0.05, 0) is 34.6 Å². The van der Waals surface area contributed by atoms with Crippen LogP contribution in [0.1, 0.15) is 33.4 Å². The second-order valence-corrected chi connectivity index (χ2v) is 5.73. The number of nitro groups is 1. The Balaban J connectivity index is 3.02. The molecule has 1 heterocycles. The molecular formula is C12H20N6O3. The van der Waals surface area contributed by atoms with Crippen molar-refractivity contribution < 1.29 is 9.72 Å². The molecule has 1 amide bonds. The third kappa shape index (κ3) is 4.55. The summed E-state index contributed by atoms with van der Waals surface area (Å²) in [5, 5.41) is 16.6. The van der Waals surface area contributed by atoms with Gasteiger partial charge in [0.15, 0.2) is 0 Å². The number of rotatable bonds is 4. The number of aryl methyl sites for hydroxylation is 1. The Morgan fingerprint density at radius 2 is 1.95 bits per heavy atom. The van der Waals surface area contributed by atoms with E-state index in [1.807, 2.05) is 20.8 Å². The van der Waals surface area contributed by atoms with Gasteiger partial charge in [-0.15, -0.1) is 0 Å². The third-order valence-electron chi connectivity index (χ3n) is 2.50. The van der Waals surface area contributed by atoms with E-state index in [2.05, 4.69) is 20.6 Å². The molecule has 0 aliphatic carbocycles. The van der Waals surface area contributed by atoms with E-state index in [0.29, 0.717) is 0 Å². The zero-order valence-electron chi connectivity index (χ0n) is 12.7. The summed E-state index contributed by atoms with van der Waals surface area (Å²) in [5.74, 6) is -0.461. The van der Waals surface area contributed by atoms with Crippen molar-refractivity contribution in [2.75, 3.05) is 11.1 Å². The maximum Gasteiger partial charge on any atom is 0.332 e. The second kappa shape index (κ2) is 5.90. The summed E-state index contributed by atoms with van der Waals surface area (Å²) < 4.78 is 0. The minimum atomic E-state index is -0.711. The normalized spacial score (nSPS) is 12.6. The van der Waals surface area contributed by atoms with Crippen LogP contribution in [0.3, 0.4) is 0 Å². The number of nitrogens with one attached hydrogen (secondary N) is 2. The average molecular weight is 296 g/mol. The number of amides is 1. The van der Waals surface area contributed by atoms with Gasteiger partial charge in [0, 0.05) is 5.54 Å². The number of nitrogen functional groups attached to an aromatic ring is 1. The van der Waals surface area contributed by atoms with Crippen molar-refractivity contribution in [2.24, 2.45) is 0 Å². The Morgan fingerprint density at radius 3 is 2.43 bits per heavy atom. The summed E-state index contributed by atoms with van der Waals surface area (Å²) in [4.78, 5) is 30.0. The van der Waals surface area contributed by atoms with Gasteiger partial charge >= 0.3 is 5.69 Å². The summed E-state index contributed by atoms with van der Waals surface area (Å²) in [6.07, 6.45) is 0. The highest BCUT2D eigenvalue weighted by molar-refractivity contribution is 5.85. The summed E-state index contributed by atoms with van der Waals surface area (Å²) in [7, 11) is 0. The van der Waals surface area contributed by atoms with Crippen LogP contribution in [-0.2, 0) is 4.79 Å². The molecule has 9 heteroatoms. The van der Waals surface area contributed by atoms with Crippen molar-refractivity contribution in [1.82, 2.24) is 15.3 Å². The first kappa shape index (κ1) is 16.6. The highest BCUT2D eigenvalue weighted by Gasteiger charge is 2.26. The molecule has 0 fully saturated rings. The first-order valence-corrected chi connectivity index (χ1v) is 6.38. The molecule has 0 aliphatic heterocycles. The molecule has 21 heavy (non-hydrogen) atoms. The van der Waals surface area contributed by atoms with E-state index in [1.54, 1.807) is 6.92 Å². The van der Waals surface area contributed by atoms with Crippen molar-refractivity contribution >= 4 is 23.4 Å². The van der Waals surface area contributed by atoms with Crippen molar-refractivity contribution in [3.63, 3.8) is 0 Å². The molecule has 0 spiro atoms. The number of anilines is 2. The van der Waals surface area contributed by atoms with Crippen molar-refractivity contribution in [2.45, 2.75) is 46.2 Å². The maximum absolute atomic E-state index is 12.0. The Labute approximate surface area is 122 Å². The van der Waals surface area contributed by atoms with Gasteiger partial charge in [0.1, 0.15) is 11.7 Å². The van der Waals surface area contributed by atoms with E-state index in [1.165, 1.54) is 6.92 Å². The fraction of sp³-hybridized carbons (Fsp3) is 0.583. The van der Waals surface area contributed by atoms with Gasteiger partial charge < -0.3 is 16.4 Å². The summed E-state index contributed by atoms with van der Waals surface area (Å²) >= 11 is 0. The molecular weight excluding hydrogens is 276 g/mol. The zero-order valence-corrected chi connectivity index (χ0v) is 12.7. The van der Waals surface area contributed by atoms with Gasteiger partial charge in [0.2, 0.25) is 17.7 Å². The molecule has 0 aromatic carbocycles. The number of aromatic nitrogens is 2. The van der Waals surface area contributed by atoms with Gasteiger partial charge in [-0.1, -0.05) is 0 Å². The number of hydrogen-bond acceptors (Lipinski definition) is 7. The lowest BCUT2D eigenvalue weighted by molar-refractivity contribution is -0.385. The standard InChI is InChI=1S/C12H20N6O3/c1-6-8(18(20)21)9(16-11(13)15-6)14-7(2)10(19)17-12(3,4)5/h7H,1-5H3,(H,17,19)(H3,13,14,15,16). The van der Waals surface area contributed by atoms with Crippen LogP contribution >= 0.6 is 0 Å². The minimum absolute atomic E-state index is 0.0680. The summed E-state index contributed by atoms with van der Waals surface area (Å²) in [5.41, 5.74) is 4.94. The van der Waals surface area contributed by atoms with Crippen LogP contribution in [0.4, 0.5) is 17.5 Å². The predicted molar refractivity (Wildman–Crippen MR) is 78.8 cm³/mol. The number of hydrogen-bond donors (Lipinski definition) is 3. The van der Waals surface area contributed by atoms with Crippen molar-refractivity contribution in [3.05, 3.63) is 15.8 Å². The molecule has 0 radical (unpaired) electrons. The van der Waals surface area contributed by atoms with Crippen LogP contribution in [-0.4, -0.2) is 32.4 Å². The first-order valence-electron chi connectivity index (χ1n) is 6.38. The van der Waals surface area contributed by atoms with E-state index < -0.39 is 16.5 Å². The smallest absolute Gasteiger partial charge is 0.332 e. The Morgan fingerprint density at radius 1 is 1.38 bits per heavy atom. The van der Waals surface area contributed by atoms with Crippen molar-refractivity contribution in [3.8, 4) is 0 Å². The van der Waals surface area contributed by atoms with Gasteiger partial charge in [-0.3, -0.25) is 14.9 Å². The third-order valence-corrected chi connectivity index (χ3v) is 2.50. The lowest BCUT2D eigenvalue weighted by Gasteiger charge is -2.23. The average Bonchev–Trinajstić information content (AvgIpc) is 2.24. The molecule has 0 saturated heterocycles. The van der Waals surface area contributed by atoms with E-state index in [-0.39, 0.29) is 29.1 Å². The SMILES string of the molecule is Cc1nc(N)nc(NC(C)C(=O)NC(C)(C)C)c1[N+](=O)[O-]. The number of nitrogens with two attached hydrogens (primary N) is 1. The molecule has 1 atom stereocenters. The molecule has 1 rings (SSSR count). The van der Waals surface area contributed by atoms with Gasteiger partial charge in [-0.25, -0.2) is 4.98 Å². The van der Waals surface area contributed by atoms with Crippen LogP contribution in [0.5, 0.6) is 0 Å². The van der Waals surface area contributed by atoms with Gasteiger partial charge in [-0.2, -0.15) is 4.98 Å². The summed E-state index contributed by atoms with van der Waals surface area (Å²) in [6, 6.07) is -0.711. The van der Waals surface area contributed by atoms with Crippen LogP contribution in [0.15, 0.2) is 0 Å². The van der Waals surface area contributed by atoms with E-state index >= 15 is 0 Å². The molecule has 1 aromatic heterocycles. The minimum Gasteiger partial charge on any atom is -0.368 e. The van der Waals surface area contributed by atoms with Gasteiger partial charge in [0.05, 0.1) is 4.92 Å². The van der Waals surface area contributed by atoms with Crippen LogP contribution in [0.25, 0.3) is 0 Å². The quantitative estimate of drug-likeness (QED) is 0.556. The number of carbonyl (C=O) groups excluding carboxylic acids is 1. The number of carbonyl (C=O) groups is 1. The highest BCUT2D eigenvalue weighted by Crippen LogP contribution is 2.26. The topological polar surface area (TPSA) is 136 Å². The molecule has 4 N–H and O–H groups in total. The molecule has 1 aromatic rings. The monoisotopic (exact) mass is 296 g/mol. The molecule has 0 saturated carbocycles. The van der Waals surface area contributed by atoms with E-state index in [9.17, 15) is 14.9 Å². The van der Waals surface area contributed by atoms with Crippen LogP contribution in [0, 0.1) is 17.0 Å². The highest BCUT2D eigenvalue weighted by atomic mass is 16.6.